The van der Waals surface area contributed by atoms with E-state index in [0.717, 1.165) is 31.0 Å². The zero-order chi connectivity index (χ0) is 23.2. The van der Waals surface area contributed by atoms with Gasteiger partial charge in [-0.25, -0.2) is 8.42 Å². The lowest BCUT2D eigenvalue weighted by Gasteiger charge is -2.35. The summed E-state index contributed by atoms with van der Waals surface area (Å²) in [5.41, 5.74) is 3.76. The zero-order valence-electron chi connectivity index (χ0n) is 19.7. The average Bonchev–Trinajstić information content (AvgIpc) is 3.53. The SMILES string of the molecule is CC1CCCN(C2Cc3c(C4CC4)cc(O)cc3C2Oc2ccc(S(C)(=O)=O)cc2)CCC1. The second kappa shape index (κ2) is 8.95. The van der Waals surface area contributed by atoms with E-state index in [1.807, 2.05) is 12.1 Å². The van der Waals surface area contributed by atoms with Gasteiger partial charge in [0.25, 0.3) is 0 Å². The molecule has 6 heteroatoms. The van der Waals surface area contributed by atoms with Crippen molar-refractivity contribution in [2.24, 2.45) is 5.92 Å². The quantitative estimate of drug-likeness (QED) is 0.649. The van der Waals surface area contributed by atoms with Crippen molar-refractivity contribution >= 4 is 9.84 Å². The molecule has 1 saturated heterocycles. The van der Waals surface area contributed by atoms with Gasteiger partial charge in [-0.1, -0.05) is 6.92 Å². The van der Waals surface area contributed by atoms with Crippen LogP contribution in [0.25, 0.3) is 0 Å². The average molecular weight is 470 g/mol. The van der Waals surface area contributed by atoms with E-state index in [0.29, 0.717) is 22.3 Å². The molecule has 0 radical (unpaired) electrons. The van der Waals surface area contributed by atoms with Crippen LogP contribution in [0.1, 0.15) is 74.2 Å². The van der Waals surface area contributed by atoms with Gasteiger partial charge in [0.05, 0.1) is 10.9 Å². The molecule has 33 heavy (non-hydrogen) atoms. The monoisotopic (exact) mass is 469 g/mol. The normalized spacial score (nSPS) is 24.8. The molecule has 3 aliphatic rings. The summed E-state index contributed by atoms with van der Waals surface area (Å²) in [5, 5.41) is 10.5. The van der Waals surface area contributed by atoms with E-state index in [1.54, 1.807) is 24.3 Å². The van der Waals surface area contributed by atoms with Gasteiger partial charge >= 0.3 is 0 Å². The van der Waals surface area contributed by atoms with Crippen LogP contribution in [0, 0.1) is 5.92 Å². The summed E-state index contributed by atoms with van der Waals surface area (Å²) in [6.07, 6.45) is 9.31. The number of fused-ring (bicyclic) bond motifs is 1. The van der Waals surface area contributed by atoms with Gasteiger partial charge in [0.2, 0.25) is 0 Å². The molecule has 0 amide bonds. The molecule has 178 valence electrons. The second-order valence-electron chi connectivity index (χ2n) is 10.4. The molecule has 2 aromatic rings. The highest BCUT2D eigenvalue weighted by atomic mass is 32.2. The number of phenols is 1. The van der Waals surface area contributed by atoms with Gasteiger partial charge in [-0.05, 0) is 117 Å². The number of likely N-dealkylation sites (tertiary alicyclic amines) is 1. The smallest absolute Gasteiger partial charge is 0.175 e. The van der Waals surface area contributed by atoms with Crippen LogP contribution in [0.2, 0.25) is 0 Å². The van der Waals surface area contributed by atoms with Crippen molar-refractivity contribution in [2.75, 3.05) is 19.3 Å². The highest BCUT2D eigenvalue weighted by Crippen LogP contribution is 2.49. The Hall–Kier alpha value is -2.05. The topological polar surface area (TPSA) is 66.8 Å². The van der Waals surface area contributed by atoms with Crippen LogP contribution in [0.4, 0.5) is 0 Å². The van der Waals surface area contributed by atoms with Crippen molar-refractivity contribution in [1.82, 2.24) is 4.90 Å². The summed E-state index contributed by atoms with van der Waals surface area (Å²) < 4.78 is 30.3. The molecule has 0 aromatic heterocycles. The Morgan fingerprint density at radius 2 is 1.61 bits per heavy atom. The van der Waals surface area contributed by atoms with E-state index in [1.165, 1.54) is 55.9 Å². The molecule has 1 aliphatic heterocycles. The lowest BCUT2D eigenvalue weighted by Crippen LogP contribution is -2.42. The van der Waals surface area contributed by atoms with E-state index in [2.05, 4.69) is 11.8 Å². The van der Waals surface area contributed by atoms with Crippen LogP contribution in [0.15, 0.2) is 41.3 Å². The van der Waals surface area contributed by atoms with E-state index >= 15 is 0 Å². The minimum atomic E-state index is -3.25. The Bertz CT molecular complexity index is 1100. The molecule has 2 fully saturated rings. The first-order chi connectivity index (χ1) is 15.8. The first kappa shape index (κ1) is 22.7. The van der Waals surface area contributed by atoms with Gasteiger partial charge in [0.1, 0.15) is 17.6 Å². The number of ether oxygens (including phenoxy) is 1. The standard InChI is InChI=1S/C27H35NO4S/c1-18-5-3-13-28(14-4-6-18)26-17-24-23(19-7-8-19)15-20(29)16-25(24)27(26)32-21-9-11-22(12-10-21)33(2,30)31/h9-12,15-16,18-19,26-27,29H,3-8,13-14,17H2,1-2H3. The predicted molar refractivity (Wildman–Crippen MR) is 130 cm³/mol. The van der Waals surface area contributed by atoms with Crippen LogP contribution >= 0.6 is 0 Å². The Morgan fingerprint density at radius 1 is 0.970 bits per heavy atom. The van der Waals surface area contributed by atoms with Crippen LogP contribution in [0.5, 0.6) is 11.5 Å². The van der Waals surface area contributed by atoms with Gasteiger partial charge in [0, 0.05) is 11.8 Å². The first-order valence-electron chi connectivity index (χ1n) is 12.4. The van der Waals surface area contributed by atoms with E-state index < -0.39 is 9.84 Å². The summed E-state index contributed by atoms with van der Waals surface area (Å²) in [5.74, 6) is 2.35. The fourth-order valence-electron chi connectivity index (χ4n) is 5.72. The number of hydrogen-bond acceptors (Lipinski definition) is 5. The minimum absolute atomic E-state index is 0.175. The molecule has 2 atom stereocenters. The van der Waals surface area contributed by atoms with Crippen molar-refractivity contribution in [3.8, 4) is 11.5 Å². The van der Waals surface area contributed by atoms with Crippen LogP contribution < -0.4 is 4.74 Å². The minimum Gasteiger partial charge on any atom is -0.508 e. The number of hydrogen-bond donors (Lipinski definition) is 1. The first-order valence-corrected chi connectivity index (χ1v) is 14.3. The zero-order valence-corrected chi connectivity index (χ0v) is 20.5. The van der Waals surface area contributed by atoms with Crippen molar-refractivity contribution in [3.05, 3.63) is 53.1 Å². The molecular weight excluding hydrogens is 434 g/mol. The maximum absolute atomic E-state index is 11.9. The van der Waals surface area contributed by atoms with Gasteiger partial charge in [-0.2, -0.15) is 0 Å². The van der Waals surface area contributed by atoms with E-state index in [-0.39, 0.29) is 12.1 Å². The number of rotatable bonds is 5. The molecule has 2 aromatic carbocycles. The Balaban J connectivity index is 1.47. The summed E-state index contributed by atoms with van der Waals surface area (Å²) in [7, 11) is -3.25. The van der Waals surface area contributed by atoms with Crippen molar-refractivity contribution < 1.29 is 18.3 Å². The third-order valence-corrected chi connectivity index (χ3v) is 8.79. The Kier molecular flexibility index (Phi) is 6.17. The summed E-state index contributed by atoms with van der Waals surface area (Å²) in [6, 6.07) is 10.8. The van der Waals surface area contributed by atoms with Crippen molar-refractivity contribution in [1.29, 1.82) is 0 Å². The number of aromatic hydroxyl groups is 1. The molecule has 2 aliphatic carbocycles. The molecule has 0 bridgehead atoms. The molecule has 1 heterocycles. The summed E-state index contributed by atoms with van der Waals surface area (Å²) in [4.78, 5) is 2.90. The number of sulfone groups is 1. The number of phenolic OH excluding ortho intramolecular Hbond substituents is 1. The highest BCUT2D eigenvalue weighted by molar-refractivity contribution is 7.90. The fraction of sp³-hybridized carbons (Fsp3) is 0.556. The van der Waals surface area contributed by atoms with Crippen LogP contribution in [0.3, 0.4) is 0 Å². The van der Waals surface area contributed by atoms with Crippen molar-refractivity contribution in [3.63, 3.8) is 0 Å². The van der Waals surface area contributed by atoms with Crippen LogP contribution in [-0.4, -0.2) is 43.8 Å². The fourth-order valence-corrected chi connectivity index (χ4v) is 6.35. The van der Waals surface area contributed by atoms with Crippen LogP contribution in [-0.2, 0) is 16.3 Å². The largest absolute Gasteiger partial charge is 0.508 e. The molecule has 5 nitrogen and oxygen atoms in total. The molecule has 2 unspecified atom stereocenters. The number of benzene rings is 2. The molecular formula is C27H35NO4S. The third kappa shape index (κ3) is 4.92. The lowest BCUT2D eigenvalue weighted by molar-refractivity contribution is 0.0690. The molecule has 1 N–H and O–H groups in total. The lowest BCUT2D eigenvalue weighted by atomic mass is 9.96. The van der Waals surface area contributed by atoms with Gasteiger partial charge in [-0.15, -0.1) is 0 Å². The summed E-state index contributed by atoms with van der Waals surface area (Å²) in [6.45, 7) is 4.50. The maximum Gasteiger partial charge on any atom is 0.175 e. The van der Waals surface area contributed by atoms with Crippen molar-refractivity contribution in [2.45, 2.75) is 74.8 Å². The Labute approximate surface area is 197 Å². The van der Waals surface area contributed by atoms with E-state index in [9.17, 15) is 13.5 Å². The third-order valence-electron chi connectivity index (χ3n) is 7.66. The predicted octanol–water partition coefficient (Wildman–Crippen LogP) is 5.23. The van der Waals surface area contributed by atoms with Gasteiger partial charge < -0.3 is 9.84 Å². The molecule has 0 spiro atoms. The van der Waals surface area contributed by atoms with Gasteiger partial charge in [-0.3, -0.25) is 4.90 Å². The van der Waals surface area contributed by atoms with Gasteiger partial charge in [0.15, 0.2) is 9.84 Å². The Morgan fingerprint density at radius 3 is 2.21 bits per heavy atom. The second-order valence-corrected chi connectivity index (χ2v) is 12.4. The summed E-state index contributed by atoms with van der Waals surface area (Å²) >= 11 is 0. The highest BCUT2D eigenvalue weighted by Gasteiger charge is 2.41. The maximum atomic E-state index is 11.9. The molecule has 1 saturated carbocycles. The number of nitrogens with zero attached hydrogens (tertiary/aromatic N) is 1. The van der Waals surface area contributed by atoms with E-state index in [4.69, 9.17) is 4.74 Å². The molecule has 5 rings (SSSR count).